The van der Waals surface area contributed by atoms with Gasteiger partial charge in [0.25, 0.3) is 0 Å². The van der Waals surface area contributed by atoms with E-state index >= 15 is 0 Å². The molecule has 1 saturated heterocycles. The fourth-order valence-corrected chi connectivity index (χ4v) is 2.31. The predicted molar refractivity (Wildman–Crippen MR) is 55.7 cm³/mol. The van der Waals surface area contributed by atoms with E-state index in [1.165, 1.54) is 12.8 Å². The normalized spacial score (nSPS) is 26.8. The van der Waals surface area contributed by atoms with E-state index in [-0.39, 0.29) is 11.7 Å². The van der Waals surface area contributed by atoms with Crippen molar-refractivity contribution in [2.45, 2.75) is 44.2 Å². The van der Waals surface area contributed by atoms with Crippen LogP contribution in [0, 0.1) is 0 Å². The van der Waals surface area contributed by atoms with Gasteiger partial charge in [0.1, 0.15) is 5.82 Å². The van der Waals surface area contributed by atoms with Gasteiger partial charge in [0.15, 0.2) is 0 Å². The zero-order chi connectivity index (χ0) is 10.3. The van der Waals surface area contributed by atoms with Gasteiger partial charge in [0.2, 0.25) is 0 Å². The van der Waals surface area contributed by atoms with Crippen molar-refractivity contribution in [2.24, 2.45) is 0 Å². The van der Waals surface area contributed by atoms with Crippen LogP contribution in [0.1, 0.15) is 50.0 Å². The Hall–Kier alpha value is -1.10. The molecule has 3 rings (SSSR count). The third-order valence-corrected chi connectivity index (χ3v) is 3.47. The van der Waals surface area contributed by atoms with E-state index in [1.54, 1.807) is 4.68 Å². The molecule has 1 unspecified atom stereocenters. The Morgan fingerprint density at radius 2 is 2.13 bits per heavy atom. The maximum Gasteiger partial charge on any atom is 0.343 e. The summed E-state index contributed by atoms with van der Waals surface area (Å²) >= 11 is 0. The second kappa shape index (κ2) is 3.48. The van der Waals surface area contributed by atoms with Crippen LogP contribution in [0.15, 0.2) is 4.79 Å². The molecule has 1 aliphatic carbocycles. The summed E-state index contributed by atoms with van der Waals surface area (Å²) < 4.78 is 1.64. The Morgan fingerprint density at radius 3 is 2.73 bits per heavy atom. The van der Waals surface area contributed by atoms with Crippen molar-refractivity contribution in [2.75, 3.05) is 6.54 Å². The van der Waals surface area contributed by atoms with Crippen LogP contribution in [0.25, 0.3) is 0 Å². The van der Waals surface area contributed by atoms with Gasteiger partial charge in [-0.2, -0.15) is 5.10 Å². The smallest absolute Gasteiger partial charge is 0.307 e. The zero-order valence-corrected chi connectivity index (χ0v) is 8.70. The molecule has 2 heterocycles. The van der Waals surface area contributed by atoms with Gasteiger partial charge in [0.05, 0.1) is 12.1 Å². The fourth-order valence-electron chi connectivity index (χ4n) is 2.31. The molecule has 0 amide bonds. The summed E-state index contributed by atoms with van der Waals surface area (Å²) in [6, 6.07) is 0.614. The summed E-state index contributed by atoms with van der Waals surface area (Å²) in [5.41, 5.74) is -0.0385. The minimum atomic E-state index is -0.0385. The average Bonchev–Trinajstić information content (AvgIpc) is 2.72. The lowest BCUT2D eigenvalue weighted by Gasteiger charge is -2.24. The maximum atomic E-state index is 11.6. The lowest BCUT2D eigenvalue weighted by atomic mass is 9.93. The minimum absolute atomic E-state index is 0.0385. The Morgan fingerprint density at radius 1 is 1.27 bits per heavy atom. The molecule has 2 aliphatic rings. The van der Waals surface area contributed by atoms with Crippen LogP contribution in [0.5, 0.6) is 0 Å². The largest absolute Gasteiger partial charge is 0.343 e. The van der Waals surface area contributed by atoms with Crippen LogP contribution in [-0.4, -0.2) is 21.3 Å². The number of aromatic nitrogens is 3. The first-order valence-electron chi connectivity index (χ1n) is 5.77. The fraction of sp³-hybridized carbons (Fsp3) is 0.800. The van der Waals surface area contributed by atoms with Gasteiger partial charge < -0.3 is 5.32 Å². The lowest BCUT2D eigenvalue weighted by molar-refractivity contribution is 0.280. The first-order chi connectivity index (χ1) is 7.34. The molecule has 82 valence electrons. The molecule has 0 radical (unpaired) electrons. The Balaban J connectivity index is 1.86. The number of nitrogens with one attached hydrogen (secondary N) is 2. The van der Waals surface area contributed by atoms with E-state index in [9.17, 15) is 4.79 Å². The molecule has 1 aromatic rings. The summed E-state index contributed by atoms with van der Waals surface area (Å²) in [4.78, 5) is 14.5. The highest BCUT2D eigenvalue weighted by molar-refractivity contribution is 4.96. The van der Waals surface area contributed by atoms with Gasteiger partial charge in [-0.3, -0.25) is 4.98 Å². The number of nitrogens with zero attached hydrogens (tertiary/aromatic N) is 2. The van der Waals surface area contributed by atoms with Crippen LogP contribution < -0.4 is 11.0 Å². The first kappa shape index (κ1) is 9.15. The summed E-state index contributed by atoms with van der Waals surface area (Å²) in [5.74, 6) is 0.824. The van der Waals surface area contributed by atoms with Crippen molar-refractivity contribution < 1.29 is 0 Å². The van der Waals surface area contributed by atoms with Crippen LogP contribution in [0.4, 0.5) is 0 Å². The third-order valence-electron chi connectivity index (χ3n) is 3.47. The Bertz CT molecular complexity index is 398. The molecule has 2 N–H and O–H groups in total. The molecule has 0 bridgehead atoms. The molecule has 5 heteroatoms. The third kappa shape index (κ3) is 1.51. The standard InChI is InChI=1S/C10H16N4O/c15-10-12-9(8-5-2-6-11-8)13-14(10)7-3-1-4-7/h7-8,11H,1-6H2,(H,12,13,15). The quantitative estimate of drug-likeness (QED) is 0.752. The molecule has 2 fully saturated rings. The molecular formula is C10H16N4O. The van der Waals surface area contributed by atoms with Crippen molar-refractivity contribution in [1.29, 1.82) is 0 Å². The molecule has 15 heavy (non-hydrogen) atoms. The number of hydrogen-bond donors (Lipinski definition) is 2. The van der Waals surface area contributed by atoms with E-state index in [0.717, 1.165) is 31.6 Å². The van der Waals surface area contributed by atoms with Crippen LogP contribution >= 0.6 is 0 Å². The van der Waals surface area contributed by atoms with Crippen molar-refractivity contribution in [3.05, 3.63) is 16.3 Å². The molecular weight excluding hydrogens is 192 g/mol. The van der Waals surface area contributed by atoms with Crippen molar-refractivity contribution in [3.8, 4) is 0 Å². The topological polar surface area (TPSA) is 62.7 Å². The van der Waals surface area contributed by atoms with Gasteiger partial charge in [-0.1, -0.05) is 0 Å². The highest BCUT2D eigenvalue weighted by atomic mass is 16.2. The highest BCUT2D eigenvalue weighted by Gasteiger charge is 2.26. The summed E-state index contributed by atoms with van der Waals surface area (Å²) in [6.07, 6.45) is 5.67. The molecule has 1 atom stereocenters. The van der Waals surface area contributed by atoms with Crippen molar-refractivity contribution in [3.63, 3.8) is 0 Å². The number of hydrogen-bond acceptors (Lipinski definition) is 3. The van der Waals surface area contributed by atoms with Gasteiger partial charge >= 0.3 is 5.69 Å². The second-order valence-corrected chi connectivity index (χ2v) is 4.49. The zero-order valence-electron chi connectivity index (χ0n) is 8.70. The van der Waals surface area contributed by atoms with E-state index in [4.69, 9.17) is 0 Å². The average molecular weight is 208 g/mol. The highest BCUT2D eigenvalue weighted by Crippen LogP contribution is 2.30. The molecule has 1 saturated carbocycles. The van der Waals surface area contributed by atoms with Gasteiger partial charge in [-0.15, -0.1) is 0 Å². The second-order valence-electron chi connectivity index (χ2n) is 4.49. The Kier molecular flexibility index (Phi) is 2.12. The van der Waals surface area contributed by atoms with E-state index in [0.29, 0.717) is 6.04 Å². The summed E-state index contributed by atoms with van der Waals surface area (Å²) in [6.45, 7) is 1.03. The molecule has 1 aliphatic heterocycles. The van der Waals surface area contributed by atoms with E-state index in [2.05, 4.69) is 15.4 Å². The van der Waals surface area contributed by atoms with Gasteiger partial charge in [-0.25, -0.2) is 9.48 Å². The lowest BCUT2D eigenvalue weighted by Crippen LogP contribution is -2.27. The number of rotatable bonds is 2. The van der Waals surface area contributed by atoms with Crippen LogP contribution in [0.3, 0.4) is 0 Å². The van der Waals surface area contributed by atoms with Gasteiger partial charge in [0, 0.05) is 0 Å². The van der Waals surface area contributed by atoms with Gasteiger partial charge in [-0.05, 0) is 38.6 Å². The number of H-pyrrole nitrogens is 1. The molecule has 1 aromatic heterocycles. The van der Waals surface area contributed by atoms with E-state index < -0.39 is 0 Å². The molecule has 0 aromatic carbocycles. The van der Waals surface area contributed by atoms with Crippen molar-refractivity contribution in [1.82, 2.24) is 20.1 Å². The predicted octanol–water partition coefficient (Wildman–Crippen LogP) is 0.721. The molecule has 0 spiro atoms. The van der Waals surface area contributed by atoms with Crippen LogP contribution in [-0.2, 0) is 0 Å². The Labute approximate surface area is 87.9 Å². The van der Waals surface area contributed by atoms with E-state index in [1.807, 2.05) is 0 Å². The monoisotopic (exact) mass is 208 g/mol. The van der Waals surface area contributed by atoms with Crippen LogP contribution in [0.2, 0.25) is 0 Å². The maximum absolute atomic E-state index is 11.6. The SMILES string of the molecule is O=c1[nH]c(C2CCCN2)nn1C1CCC1. The minimum Gasteiger partial charge on any atom is -0.307 e. The summed E-state index contributed by atoms with van der Waals surface area (Å²) in [7, 11) is 0. The number of aromatic amines is 1. The molecule has 5 nitrogen and oxygen atoms in total. The summed E-state index contributed by atoms with van der Waals surface area (Å²) in [5, 5.41) is 7.74. The van der Waals surface area contributed by atoms with Crippen molar-refractivity contribution >= 4 is 0 Å². The first-order valence-corrected chi connectivity index (χ1v) is 5.77.